The van der Waals surface area contributed by atoms with Crippen molar-refractivity contribution in [3.8, 4) is 5.75 Å². The zero-order valence-corrected chi connectivity index (χ0v) is 12.2. The summed E-state index contributed by atoms with van der Waals surface area (Å²) in [5.74, 6) is -0.100. The highest BCUT2D eigenvalue weighted by Gasteiger charge is 2.40. The maximum Gasteiger partial charge on any atom is 0.573 e. The topological polar surface area (TPSA) is 27.7 Å². The predicted molar refractivity (Wildman–Crippen MR) is 73.4 cm³/mol. The van der Waals surface area contributed by atoms with Crippen LogP contribution in [0, 0.1) is 5.92 Å². The first-order chi connectivity index (χ1) is 10.4. The van der Waals surface area contributed by atoms with Crippen LogP contribution in [0.4, 0.5) is 13.2 Å². The number of hydrogen-bond acceptors (Lipinski definition) is 3. The SMILES string of the molecule is FC(F)(F)Oc1cccc(CC2CCC3(CC2)OCCO3)c1. The Morgan fingerprint density at radius 1 is 1.14 bits per heavy atom. The van der Waals surface area contributed by atoms with Crippen LogP contribution >= 0.6 is 0 Å². The van der Waals surface area contributed by atoms with Crippen LogP contribution in [0.2, 0.25) is 0 Å². The van der Waals surface area contributed by atoms with E-state index in [9.17, 15) is 13.2 Å². The summed E-state index contributed by atoms with van der Waals surface area (Å²) < 4.78 is 52.1. The molecule has 1 heterocycles. The van der Waals surface area contributed by atoms with Gasteiger partial charge in [-0.1, -0.05) is 12.1 Å². The zero-order valence-electron chi connectivity index (χ0n) is 12.2. The quantitative estimate of drug-likeness (QED) is 0.841. The number of alkyl halides is 3. The van der Waals surface area contributed by atoms with E-state index in [1.54, 1.807) is 6.07 Å². The number of hydrogen-bond donors (Lipinski definition) is 0. The van der Waals surface area contributed by atoms with Gasteiger partial charge in [0.1, 0.15) is 5.75 Å². The van der Waals surface area contributed by atoms with E-state index >= 15 is 0 Å². The third-order valence-corrected chi connectivity index (χ3v) is 4.34. The molecule has 122 valence electrons. The van der Waals surface area contributed by atoms with Crippen molar-refractivity contribution >= 4 is 0 Å². The fraction of sp³-hybridized carbons (Fsp3) is 0.625. The molecule has 0 radical (unpaired) electrons. The Kier molecular flexibility index (Phi) is 4.32. The molecule has 1 aliphatic carbocycles. The molecule has 1 aromatic carbocycles. The smallest absolute Gasteiger partial charge is 0.406 e. The van der Waals surface area contributed by atoms with Gasteiger partial charge in [-0.15, -0.1) is 13.2 Å². The molecule has 1 saturated heterocycles. The van der Waals surface area contributed by atoms with Gasteiger partial charge in [0.25, 0.3) is 0 Å². The second kappa shape index (κ2) is 6.08. The molecular formula is C16H19F3O3. The molecule has 1 aromatic rings. The van der Waals surface area contributed by atoms with E-state index < -0.39 is 12.1 Å². The highest BCUT2D eigenvalue weighted by Crippen LogP contribution is 2.39. The van der Waals surface area contributed by atoms with Crippen LogP contribution in [0.5, 0.6) is 5.75 Å². The lowest BCUT2D eigenvalue weighted by Gasteiger charge is -2.35. The molecule has 22 heavy (non-hydrogen) atoms. The van der Waals surface area contributed by atoms with Crippen molar-refractivity contribution in [1.29, 1.82) is 0 Å². The highest BCUT2D eigenvalue weighted by atomic mass is 19.4. The summed E-state index contributed by atoms with van der Waals surface area (Å²) in [5, 5.41) is 0. The summed E-state index contributed by atoms with van der Waals surface area (Å²) in [4.78, 5) is 0. The zero-order chi connectivity index (χ0) is 15.6. The standard InChI is InChI=1S/C16H19F3O3/c17-16(18,19)22-14-3-1-2-13(11-14)10-12-4-6-15(7-5-12)20-8-9-21-15/h1-3,11-12H,4-10H2. The van der Waals surface area contributed by atoms with Crippen LogP contribution in [0.15, 0.2) is 24.3 Å². The van der Waals surface area contributed by atoms with Crippen molar-refractivity contribution in [2.24, 2.45) is 5.92 Å². The Bertz CT molecular complexity index is 500. The molecule has 0 amide bonds. The number of rotatable bonds is 3. The first-order valence-corrected chi connectivity index (χ1v) is 7.57. The van der Waals surface area contributed by atoms with Crippen molar-refractivity contribution in [2.45, 2.75) is 44.3 Å². The van der Waals surface area contributed by atoms with Gasteiger partial charge in [0, 0.05) is 12.8 Å². The summed E-state index contributed by atoms with van der Waals surface area (Å²) >= 11 is 0. The largest absolute Gasteiger partial charge is 0.573 e. The van der Waals surface area contributed by atoms with E-state index in [2.05, 4.69) is 4.74 Å². The van der Waals surface area contributed by atoms with Crippen LogP contribution in [0.1, 0.15) is 31.2 Å². The molecule has 0 aromatic heterocycles. The normalized spacial score (nSPS) is 22.1. The Labute approximate surface area is 127 Å². The first-order valence-electron chi connectivity index (χ1n) is 7.57. The van der Waals surface area contributed by atoms with Crippen LogP contribution in [-0.2, 0) is 15.9 Å². The monoisotopic (exact) mass is 316 g/mol. The summed E-state index contributed by atoms with van der Waals surface area (Å²) in [6, 6.07) is 6.24. The summed E-state index contributed by atoms with van der Waals surface area (Å²) in [5.41, 5.74) is 0.871. The third kappa shape index (κ3) is 3.93. The molecule has 6 heteroatoms. The molecule has 0 atom stereocenters. The van der Waals surface area contributed by atoms with Crippen LogP contribution in [0.3, 0.4) is 0 Å². The minimum Gasteiger partial charge on any atom is -0.406 e. The van der Waals surface area contributed by atoms with E-state index in [0.29, 0.717) is 19.1 Å². The molecular weight excluding hydrogens is 297 g/mol. The Morgan fingerprint density at radius 2 is 1.82 bits per heavy atom. The fourth-order valence-electron chi connectivity index (χ4n) is 3.31. The summed E-state index contributed by atoms with van der Waals surface area (Å²) in [7, 11) is 0. The molecule has 3 nitrogen and oxygen atoms in total. The molecule has 1 aliphatic heterocycles. The predicted octanol–water partition coefficient (Wildman–Crippen LogP) is 4.06. The number of benzene rings is 1. The van der Waals surface area contributed by atoms with Gasteiger partial charge < -0.3 is 14.2 Å². The van der Waals surface area contributed by atoms with Gasteiger partial charge >= 0.3 is 6.36 Å². The van der Waals surface area contributed by atoms with Crippen LogP contribution < -0.4 is 4.74 Å². The third-order valence-electron chi connectivity index (χ3n) is 4.34. The van der Waals surface area contributed by atoms with E-state index in [-0.39, 0.29) is 5.75 Å². The van der Waals surface area contributed by atoms with Gasteiger partial charge in [0.15, 0.2) is 5.79 Å². The van der Waals surface area contributed by atoms with Crippen LogP contribution in [0.25, 0.3) is 0 Å². The van der Waals surface area contributed by atoms with Crippen molar-refractivity contribution in [2.75, 3.05) is 13.2 Å². The summed E-state index contributed by atoms with van der Waals surface area (Å²) in [6.07, 6.45) is -0.250. The van der Waals surface area contributed by atoms with Crippen molar-refractivity contribution in [3.05, 3.63) is 29.8 Å². The molecule has 1 spiro atoms. The van der Waals surface area contributed by atoms with E-state index in [0.717, 1.165) is 37.7 Å². The average Bonchev–Trinajstić information content (AvgIpc) is 2.89. The Morgan fingerprint density at radius 3 is 2.45 bits per heavy atom. The fourth-order valence-corrected chi connectivity index (χ4v) is 3.31. The Balaban J connectivity index is 1.56. The van der Waals surface area contributed by atoms with Crippen molar-refractivity contribution in [3.63, 3.8) is 0 Å². The van der Waals surface area contributed by atoms with E-state index in [1.807, 2.05) is 6.07 Å². The number of halogens is 3. The molecule has 2 aliphatic rings. The lowest BCUT2D eigenvalue weighted by molar-refractivity contribution is -0.274. The van der Waals surface area contributed by atoms with Gasteiger partial charge in [-0.2, -0.15) is 0 Å². The van der Waals surface area contributed by atoms with Gasteiger partial charge in [0.2, 0.25) is 0 Å². The first kappa shape index (κ1) is 15.6. The lowest BCUT2D eigenvalue weighted by atomic mass is 9.81. The Hall–Kier alpha value is -1.27. The molecule has 0 N–H and O–H groups in total. The summed E-state index contributed by atoms with van der Waals surface area (Å²) in [6.45, 7) is 1.31. The van der Waals surface area contributed by atoms with E-state index in [1.165, 1.54) is 12.1 Å². The molecule has 0 bridgehead atoms. The number of ether oxygens (including phenoxy) is 3. The van der Waals surface area contributed by atoms with Gasteiger partial charge in [-0.25, -0.2) is 0 Å². The lowest BCUT2D eigenvalue weighted by Crippen LogP contribution is -2.35. The van der Waals surface area contributed by atoms with Gasteiger partial charge in [-0.3, -0.25) is 0 Å². The minimum absolute atomic E-state index is 0.153. The van der Waals surface area contributed by atoms with Crippen molar-refractivity contribution < 1.29 is 27.4 Å². The van der Waals surface area contributed by atoms with E-state index in [4.69, 9.17) is 9.47 Å². The maximum atomic E-state index is 12.3. The molecule has 2 fully saturated rings. The molecule has 1 saturated carbocycles. The second-order valence-electron chi connectivity index (χ2n) is 5.95. The van der Waals surface area contributed by atoms with Crippen LogP contribution in [-0.4, -0.2) is 25.4 Å². The molecule has 3 rings (SSSR count). The highest BCUT2D eigenvalue weighted by molar-refractivity contribution is 5.29. The van der Waals surface area contributed by atoms with Gasteiger partial charge in [-0.05, 0) is 42.9 Å². The molecule has 0 unspecified atom stereocenters. The second-order valence-corrected chi connectivity index (χ2v) is 5.95. The van der Waals surface area contributed by atoms with Crippen molar-refractivity contribution in [1.82, 2.24) is 0 Å². The maximum absolute atomic E-state index is 12.3. The van der Waals surface area contributed by atoms with Gasteiger partial charge in [0.05, 0.1) is 13.2 Å². The minimum atomic E-state index is -4.65. The average molecular weight is 316 g/mol.